The van der Waals surface area contributed by atoms with Gasteiger partial charge in [-0.25, -0.2) is 0 Å². The van der Waals surface area contributed by atoms with E-state index in [1.807, 2.05) is 0 Å². The van der Waals surface area contributed by atoms with Gasteiger partial charge in [-0.15, -0.1) is 18.2 Å². The highest BCUT2D eigenvalue weighted by atomic mass is 35.5. The van der Waals surface area contributed by atoms with E-state index in [0.717, 1.165) is 5.92 Å². The summed E-state index contributed by atoms with van der Waals surface area (Å²) in [6, 6.07) is 0. The van der Waals surface area contributed by atoms with E-state index in [-0.39, 0.29) is 0 Å². The van der Waals surface area contributed by atoms with Gasteiger partial charge in [0.1, 0.15) is 0 Å². The molecular formula is C10H17Cl. The number of rotatable bonds is 3. The predicted molar refractivity (Wildman–Crippen MR) is 51.0 cm³/mol. The molecule has 0 bridgehead atoms. The van der Waals surface area contributed by atoms with Crippen LogP contribution in [0.15, 0.2) is 12.2 Å². The molecule has 1 heteroatoms. The summed E-state index contributed by atoms with van der Waals surface area (Å²) in [5.74, 6) is 0.884. The lowest BCUT2D eigenvalue weighted by Gasteiger charge is -2.07. The third kappa shape index (κ3) is 3.29. The maximum absolute atomic E-state index is 6.00. The number of hydrogen-bond donors (Lipinski definition) is 0. The zero-order valence-electron chi connectivity index (χ0n) is 7.28. The van der Waals surface area contributed by atoms with Crippen molar-refractivity contribution in [2.45, 2.75) is 44.4 Å². The van der Waals surface area contributed by atoms with E-state index in [2.05, 4.69) is 13.5 Å². The molecule has 0 aliphatic heterocycles. The van der Waals surface area contributed by atoms with Crippen molar-refractivity contribution in [3.63, 3.8) is 0 Å². The molecule has 0 heterocycles. The number of halogens is 1. The molecule has 0 radical (unpaired) electrons. The minimum absolute atomic E-state index is 0.463. The Kier molecular flexibility index (Phi) is 3.45. The first-order valence-electron chi connectivity index (χ1n) is 4.47. The van der Waals surface area contributed by atoms with Crippen molar-refractivity contribution in [1.82, 2.24) is 0 Å². The standard InChI is InChI=1S/C10H17Cl/c1-8(2)3-4-9-5-6-10(11)7-9/h9-10H,1,3-7H2,2H3. The first-order chi connectivity index (χ1) is 5.18. The minimum atomic E-state index is 0.463. The molecule has 1 saturated carbocycles. The molecule has 0 spiro atoms. The van der Waals surface area contributed by atoms with Crippen molar-refractivity contribution in [3.8, 4) is 0 Å². The monoisotopic (exact) mass is 172 g/mol. The highest BCUT2D eigenvalue weighted by Gasteiger charge is 2.21. The molecule has 0 saturated heterocycles. The Morgan fingerprint density at radius 3 is 2.73 bits per heavy atom. The van der Waals surface area contributed by atoms with Gasteiger partial charge in [-0.05, 0) is 44.9 Å². The van der Waals surface area contributed by atoms with Crippen molar-refractivity contribution in [3.05, 3.63) is 12.2 Å². The second-order valence-electron chi connectivity index (χ2n) is 3.77. The summed E-state index contributed by atoms with van der Waals surface area (Å²) in [7, 11) is 0. The summed E-state index contributed by atoms with van der Waals surface area (Å²) in [4.78, 5) is 0. The van der Waals surface area contributed by atoms with Crippen molar-refractivity contribution >= 4 is 11.6 Å². The molecule has 0 aromatic carbocycles. The summed E-state index contributed by atoms with van der Waals surface area (Å²) < 4.78 is 0. The highest BCUT2D eigenvalue weighted by molar-refractivity contribution is 6.20. The van der Waals surface area contributed by atoms with Crippen LogP contribution in [0.3, 0.4) is 0 Å². The average molecular weight is 173 g/mol. The number of hydrogen-bond acceptors (Lipinski definition) is 0. The van der Waals surface area contributed by atoms with Crippen LogP contribution in [0.5, 0.6) is 0 Å². The molecule has 0 aromatic rings. The Bertz CT molecular complexity index is 140. The van der Waals surface area contributed by atoms with Gasteiger partial charge in [-0.1, -0.05) is 5.57 Å². The third-order valence-corrected chi connectivity index (χ3v) is 2.85. The van der Waals surface area contributed by atoms with Crippen LogP contribution >= 0.6 is 11.6 Å². The van der Waals surface area contributed by atoms with E-state index >= 15 is 0 Å². The van der Waals surface area contributed by atoms with Crippen molar-refractivity contribution in [2.75, 3.05) is 0 Å². The van der Waals surface area contributed by atoms with E-state index < -0.39 is 0 Å². The Balaban J connectivity index is 2.13. The van der Waals surface area contributed by atoms with Gasteiger partial charge in [0.2, 0.25) is 0 Å². The van der Waals surface area contributed by atoms with Crippen LogP contribution in [0.2, 0.25) is 0 Å². The SMILES string of the molecule is C=C(C)CCC1CCC(Cl)C1. The molecule has 1 fully saturated rings. The van der Waals surface area contributed by atoms with E-state index in [4.69, 9.17) is 11.6 Å². The van der Waals surface area contributed by atoms with Crippen LogP contribution < -0.4 is 0 Å². The normalized spacial score (nSPS) is 30.7. The summed E-state index contributed by atoms with van der Waals surface area (Å²) in [6.07, 6.45) is 6.28. The molecule has 64 valence electrons. The molecule has 0 aromatic heterocycles. The van der Waals surface area contributed by atoms with E-state index in [9.17, 15) is 0 Å². The average Bonchev–Trinajstić information content (AvgIpc) is 2.31. The highest BCUT2D eigenvalue weighted by Crippen LogP contribution is 2.32. The Morgan fingerprint density at radius 1 is 1.55 bits per heavy atom. The zero-order valence-corrected chi connectivity index (χ0v) is 8.03. The van der Waals surface area contributed by atoms with Crippen LogP contribution in [0, 0.1) is 5.92 Å². The van der Waals surface area contributed by atoms with Gasteiger partial charge in [0.15, 0.2) is 0 Å². The largest absolute Gasteiger partial charge is 0.123 e. The van der Waals surface area contributed by atoms with Crippen LogP contribution in [0.4, 0.5) is 0 Å². The summed E-state index contributed by atoms with van der Waals surface area (Å²) in [5, 5.41) is 0.463. The lowest BCUT2D eigenvalue weighted by molar-refractivity contribution is 0.503. The molecule has 1 aliphatic carbocycles. The van der Waals surface area contributed by atoms with E-state index in [1.165, 1.54) is 37.7 Å². The molecular weight excluding hydrogens is 156 g/mol. The molecule has 1 aliphatic rings. The minimum Gasteiger partial charge on any atom is -0.123 e. The van der Waals surface area contributed by atoms with Crippen molar-refractivity contribution in [1.29, 1.82) is 0 Å². The van der Waals surface area contributed by atoms with Crippen LogP contribution in [0.25, 0.3) is 0 Å². The molecule has 11 heavy (non-hydrogen) atoms. The fraction of sp³-hybridized carbons (Fsp3) is 0.800. The van der Waals surface area contributed by atoms with Crippen molar-refractivity contribution in [2.24, 2.45) is 5.92 Å². The van der Waals surface area contributed by atoms with Crippen LogP contribution in [-0.4, -0.2) is 5.38 Å². The van der Waals surface area contributed by atoms with Crippen LogP contribution in [0.1, 0.15) is 39.0 Å². The fourth-order valence-corrected chi connectivity index (χ4v) is 2.10. The molecule has 0 amide bonds. The fourth-order valence-electron chi connectivity index (χ4n) is 1.73. The summed E-state index contributed by atoms with van der Waals surface area (Å²) >= 11 is 6.00. The Morgan fingerprint density at radius 2 is 2.27 bits per heavy atom. The summed E-state index contributed by atoms with van der Waals surface area (Å²) in [5.41, 5.74) is 1.31. The Hall–Kier alpha value is 0.0300. The van der Waals surface area contributed by atoms with Crippen molar-refractivity contribution < 1.29 is 0 Å². The zero-order chi connectivity index (χ0) is 8.27. The third-order valence-electron chi connectivity index (χ3n) is 2.46. The van der Waals surface area contributed by atoms with Crippen LogP contribution in [-0.2, 0) is 0 Å². The first kappa shape index (κ1) is 9.12. The molecule has 1 rings (SSSR count). The van der Waals surface area contributed by atoms with Gasteiger partial charge < -0.3 is 0 Å². The number of allylic oxidation sites excluding steroid dienone is 1. The molecule has 0 N–H and O–H groups in total. The van der Waals surface area contributed by atoms with Gasteiger partial charge in [0.25, 0.3) is 0 Å². The Labute approximate surface area is 74.6 Å². The smallest absolute Gasteiger partial charge is 0.0338 e. The number of alkyl halides is 1. The van der Waals surface area contributed by atoms with Gasteiger partial charge in [0.05, 0.1) is 0 Å². The lowest BCUT2D eigenvalue weighted by atomic mass is 9.99. The van der Waals surface area contributed by atoms with Gasteiger partial charge >= 0.3 is 0 Å². The maximum atomic E-state index is 6.00. The molecule has 2 unspecified atom stereocenters. The lowest BCUT2D eigenvalue weighted by Crippen LogP contribution is -1.95. The predicted octanol–water partition coefficient (Wildman–Crippen LogP) is 3.75. The van der Waals surface area contributed by atoms with Gasteiger partial charge in [-0.2, -0.15) is 0 Å². The van der Waals surface area contributed by atoms with Gasteiger partial charge in [0, 0.05) is 5.38 Å². The topological polar surface area (TPSA) is 0 Å². The second kappa shape index (κ2) is 4.15. The van der Waals surface area contributed by atoms with Gasteiger partial charge in [-0.3, -0.25) is 0 Å². The first-order valence-corrected chi connectivity index (χ1v) is 4.90. The second-order valence-corrected chi connectivity index (χ2v) is 4.39. The maximum Gasteiger partial charge on any atom is 0.0338 e. The quantitative estimate of drug-likeness (QED) is 0.449. The van der Waals surface area contributed by atoms with E-state index in [0.29, 0.717) is 5.38 Å². The molecule has 0 nitrogen and oxygen atoms in total. The molecule has 2 atom stereocenters. The summed E-state index contributed by atoms with van der Waals surface area (Å²) in [6.45, 7) is 6.01. The van der Waals surface area contributed by atoms with E-state index in [1.54, 1.807) is 0 Å².